The molecule has 0 radical (unpaired) electrons. The Hall–Kier alpha value is -2.37. The second-order valence-electron chi connectivity index (χ2n) is 8.60. The third-order valence-electron chi connectivity index (χ3n) is 6.05. The summed E-state index contributed by atoms with van der Waals surface area (Å²) in [5.74, 6) is -0.0733. The summed E-state index contributed by atoms with van der Waals surface area (Å²) in [4.78, 5) is 39.3. The lowest BCUT2D eigenvalue weighted by Gasteiger charge is -2.36. The van der Waals surface area contributed by atoms with Crippen LogP contribution in [0.15, 0.2) is 30.3 Å². The number of hydrogen-bond donors (Lipinski definition) is 2. The molecule has 1 aromatic carbocycles. The van der Waals surface area contributed by atoms with Gasteiger partial charge in [-0.15, -0.1) is 0 Å². The van der Waals surface area contributed by atoms with E-state index in [9.17, 15) is 14.4 Å². The van der Waals surface area contributed by atoms with E-state index in [1.54, 1.807) is 0 Å². The molecule has 0 unspecified atom stereocenters. The Bertz CT molecular complexity index is 734. The summed E-state index contributed by atoms with van der Waals surface area (Å²) in [6, 6.07) is 9.21. The van der Waals surface area contributed by atoms with Crippen LogP contribution in [0.25, 0.3) is 0 Å². The minimum Gasteiger partial charge on any atom is -0.348 e. The molecule has 1 aliphatic heterocycles. The number of hydrogen-bond acceptors (Lipinski definition) is 3. The van der Waals surface area contributed by atoms with E-state index >= 15 is 0 Å². The van der Waals surface area contributed by atoms with Crippen LogP contribution in [0.4, 0.5) is 4.79 Å². The Labute approximate surface area is 167 Å². The van der Waals surface area contributed by atoms with Gasteiger partial charge in [-0.1, -0.05) is 63.9 Å². The molecule has 0 aromatic heterocycles. The van der Waals surface area contributed by atoms with E-state index < -0.39 is 11.6 Å². The molecule has 1 aromatic rings. The topological polar surface area (TPSA) is 78.5 Å². The van der Waals surface area contributed by atoms with Gasteiger partial charge in [0.15, 0.2) is 0 Å². The van der Waals surface area contributed by atoms with E-state index in [0.717, 1.165) is 36.1 Å². The highest BCUT2D eigenvalue weighted by Crippen LogP contribution is 2.38. The Balaban J connectivity index is 1.69. The lowest BCUT2D eigenvalue weighted by molar-refractivity contribution is -0.137. The first-order valence-electron chi connectivity index (χ1n) is 10.3. The summed E-state index contributed by atoms with van der Waals surface area (Å²) < 4.78 is 0. The highest BCUT2D eigenvalue weighted by molar-refractivity contribution is 6.09. The van der Waals surface area contributed by atoms with Crippen LogP contribution in [0.5, 0.6) is 0 Å². The zero-order valence-corrected chi connectivity index (χ0v) is 17.0. The molecule has 1 saturated carbocycles. The fourth-order valence-corrected chi connectivity index (χ4v) is 4.46. The molecule has 4 amide bonds. The lowest BCUT2D eigenvalue weighted by atomic mass is 9.73. The third kappa shape index (κ3) is 4.05. The smallest absolute Gasteiger partial charge is 0.325 e. The van der Waals surface area contributed by atoms with Crippen LogP contribution in [0.3, 0.4) is 0 Å². The molecule has 6 nitrogen and oxygen atoms in total. The third-order valence-corrected chi connectivity index (χ3v) is 6.05. The molecular weight excluding hydrogens is 354 g/mol. The van der Waals surface area contributed by atoms with Crippen molar-refractivity contribution in [2.24, 2.45) is 11.8 Å². The zero-order chi connectivity index (χ0) is 20.3. The fourth-order valence-electron chi connectivity index (χ4n) is 4.46. The molecule has 1 saturated heterocycles. The molecule has 3 atom stereocenters. The molecule has 2 aliphatic rings. The van der Waals surface area contributed by atoms with Crippen LogP contribution in [0.2, 0.25) is 0 Å². The average Bonchev–Trinajstić information content (AvgIpc) is 2.89. The van der Waals surface area contributed by atoms with Crippen LogP contribution in [0, 0.1) is 11.8 Å². The van der Waals surface area contributed by atoms with Gasteiger partial charge in [0.25, 0.3) is 5.91 Å². The first kappa shape index (κ1) is 20.4. The van der Waals surface area contributed by atoms with Gasteiger partial charge in [0, 0.05) is 0 Å². The predicted molar refractivity (Wildman–Crippen MR) is 107 cm³/mol. The molecule has 1 heterocycles. The van der Waals surface area contributed by atoms with E-state index in [2.05, 4.69) is 24.5 Å². The van der Waals surface area contributed by atoms with E-state index in [1.165, 1.54) is 0 Å². The monoisotopic (exact) mass is 385 g/mol. The number of carbonyl (C=O) groups excluding carboxylic acids is 3. The standard InChI is InChI=1S/C22H31N3O3/c1-15(2)13-18(17-10-5-4-6-11-17)23-19(26)14-25-20(27)22(24-21(25)28)12-8-7-9-16(22)3/h4-6,10-11,15-16,18H,7-9,12-14H2,1-3H3,(H,23,26)(H,24,28)/t16-,18-,22+/m0/s1. The van der Waals surface area contributed by atoms with Gasteiger partial charge in [0.05, 0.1) is 6.04 Å². The van der Waals surface area contributed by atoms with Gasteiger partial charge >= 0.3 is 6.03 Å². The van der Waals surface area contributed by atoms with Gasteiger partial charge in [-0.05, 0) is 36.7 Å². The van der Waals surface area contributed by atoms with Crippen LogP contribution in [-0.4, -0.2) is 34.8 Å². The largest absolute Gasteiger partial charge is 0.348 e. The molecule has 2 fully saturated rings. The summed E-state index contributed by atoms with van der Waals surface area (Å²) in [5.41, 5.74) is 0.200. The van der Waals surface area contributed by atoms with E-state index in [0.29, 0.717) is 12.3 Å². The minimum atomic E-state index is -0.827. The maximum atomic E-state index is 13.0. The lowest BCUT2D eigenvalue weighted by Crippen LogP contribution is -2.54. The quantitative estimate of drug-likeness (QED) is 0.737. The number of imide groups is 1. The minimum absolute atomic E-state index is 0.0868. The highest BCUT2D eigenvalue weighted by atomic mass is 16.2. The van der Waals surface area contributed by atoms with Gasteiger partial charge in [-0.3, -0.25) is 14.5 Å². The van der Waals surface area contributed by atoms with Gasteiger partial charge < -0.3 is 10.6 Å². The summed E-state index contributed by atoms with van der Waals surface area (Å²) in [6.07, 6.45) is 4.34. The van der Waals surface area contributed by atoms with Crippen molar-refractivity contribution in [3.05, 3.63) is 35.9 Å². The number of nitrogens with zero attached hydrogens (tertiary/aromatic N) is 1. The Kier molecular flexibility index (Phi) is 6.06. The van der Waals surface area contributed by atoms with Crippen molar-refractivity contribution in [1.82, 2.24) is 15.5 Å². The molecule has 3 rings (SSSR count). The van der Waals surface area contributed by atoms with Gasteiger partial charge in [-0.2, -0.15) is 0 Å². The van der Waals surface area contributed by atoms with Crippen molar-refractivity contribution >= 4 is 17.8 Å². The molecule has 152 valence electrons. The molecule has 2 N–H and O–H groups in total. The highest BCUT2D eigenvalue weighted by Gasteiger charge is 2.55. The first-order chi connectivity index (χ1) is 13.3. The molecule has 6 heteroatoms. The number of benzene rings is 1. The van der Waals surface area contributed by atoms with Crippen molar-refractivity contribution in [2.75, 3.05) is 6.54 Å². The van der Waals surface area contributed by atoms with Crippen LogP contribution in [-0.2, 0) is 9.59 Å². The average molecular weight is 386 g/mol. The van der Waals surface area contributed by atoms with E-state index in [4.69, 9.17) is 0 Å². The Morgan fingerprint density at radius 2 is 1.96 bits per heavy atom. The van der Waals surface area contributed by atoms with Crippen LogP contribution in [0.1, 0.15) is 64.5 Å². The Morgan fingerprint density at radius 3 is 2.61 bits per heavy atom. The van der Waals surface area contributed by atoms with Crippen molar-refractivity contribution in [2.45, 2.75) is 64.5 Å². The number of nitrogens with one attached hydrogen (secondary N) is 2. The van der Waals surface area contributed by atoms with Crippen molar-refractivity contribution < 1.29 is 14.4 Å². The molecule has 28 heavy (non-hydrogen) atoms. The summed E-state index contributed by atoms with van der Waals surface area (Å²) >= 11 is 0. The van der Waals surface area contributed by atoms with E-state index in [-0.39, 0.29) is 30.3 Å². The van der Waals surface area contributed by atoms with Crippen molar-refractivity contribution in [1.29, 1.82) is 0 Å². The normalized spacial score (nSPS) is 25.9. The number of carbonyl (C=O) groups is 3. The summed E-state index contributed by atoms with van der Waals surface area (Å²) in [5, 5.41) is 5.92. The van der Waals surface area contributed by atoms with Gasteiger partial charge in [0.2, 0.25) is 5.91 Å². The predicted octanol–water partition coefficient (Wildman–Crippen LogP) is 3.39. The molecular formula is C22H31N3O3. The van der Waals surface area contributed by atoms with E-state index in [1.807, 2.05) is 37.3 Å². The SMILES string of the molecule is CC(C)C[C@H](NC(=O)CN1C(=O)N[C@@]2(CCCC[C@@H]2C)C1=O)c1ccccc1. The van der Waals surface area contributed by atoms with Crippen LogP contribution < -0.4 is 10.6 Å². The number of urea groups is 1. The van der Waals surface area contributed by atoms with Gasteiger partial charge in [0.1, 0.15) is 12.1 Å². The second kappa shape index (κ2) is 8.33. The summed E-state index contributed by atoms with van der Waals surface area (Å²) in [7, 11) is 0. The van der Waals surface area contributed by atoms with Crippen LogP contribution >= 0.6 is 0 Å². The second-order valence-corrected chi connectivity index (χ2v) is 8.60. The maximum Gasteiger partial charge on any atom is 0.325 e. The van der Waals surface area contributed by atoms with Crippen molar-refractivity contribution in [3.8, 4) is 0 Å². The molecule has 1 spiro atoms. The molecule has 0 bridgehead atoms. The van der Waals surface area contributed by atoms with Crippen molar-refractivity contribution in [3.63, 3.8) is 0 Å². The first-order valence-corrected chi connectivity index (χ1v) is 10.3. The van der Waals surface area contributed by atoms with Gasteiger partial charge in [-0.25, -0.2) is 4.79 Å². The molecule has 1 aliphatic carbocycles. The maximum absolute atomic E-state index is 13.0. The number of rotatable bonds is 6. The Morgan fingerprint density at radius 1 is 1.25 bits per heavy atom. The zero-order valence-electron chi connectivity index (χ0n) is 17.0. The fraction of sp³-hybridized carbons (Fsp3) is 0.591. The summed E-state index contributed by atoms with van der Waals surface area (Å²) in [6.45, 7) is 5.98. The number of amides is 4.